The molecule has 1 fully saturated rings. The van der Waals surface area contributed by atoms with Crippen molar-refractivity contribution >= 4 is 21.7 Å². The van der Waals surface area contributed by atoms with Crippen LogP contribution >= 0.6 is 0 Å². The number of nitrogens with one attached hydrogen (secondary N) is 2. The molecule has 33 heavy (non-hydrogen) atoms. The molecule has 180 valence electrons. The molecular weight excluding hydrogens is 440 g/mol. The van der Waals surface area contributed by atoms with E-state index in [1.54, 1.807) is 37.6 Å². The normalized spacial score (nSPS) is 20.9. The van der Waals surface area contributed by atoms with Gasteiger partial charge in [-0.15, -0.1) is 0 Å². The van der Waals surface area contributed by atoms with Crippen LogP contribution in [0.4, 0.5) is 5.82 Å². The zero-order valence-corrected chi connectivity index (χ0v) is 20.8. The quantitative estimate of drug-likeness (QED) is 0.566. The molecule has 0 aliphatic heterocycles. The predicted octanol–water partition coefficient (Wildman–Crippen LogP) is 3.97. The predicted molar refractivity (Wildman–Crippen MR) is 128 cm³/mol. The summed E-state index contributed by atoms with van der Waals surface area (Å²) in [5.41, 5.74) is 0.906. The van der Waals surface area contributed by atoms with Crippen LogP contribution in [-0.2, 0) is 14.8 Å². The number of amides is 1. The van der Waals surface area contributed by atoms with E-state index in [0.29, 0.717) is 24.0 Å². The molecule has 1 amide bonds. The van der Waals surface area contributed by atoms with Crippen LogP contribution in [0.1, 0.15) is 68.9 Å². The van der Waals surface area contributed by atoms with Gasteiger partial charge in [-0.2, -0.15) is 8.42 Å². The number of hydrogen-bond donors (Lipinski definition) is 2. The first kappa shape index (κ1) is 25.1. The third-order valence-electron chi connectivity index (χ3n) is 6.31. The number of anilines is 1. The van der Waals surface area contributed by atoms with Gasteiger partial charge in [0, 0.05) is 19.2 Å². The number of carbonyl (C=O) groups is 1. The molecule has 9 heteroatoms. The van der Waals surface area contributed by atoms with Crippen molar-refractivity contribution in [2.45, 2.75) is 63.9 Å². The number of aromatic nitrogens is 2. The van der Waals surface area contributed by atoms with Gasteiger partial charge in [0.2, 0.25) is 0 Å². The molecular formula is C24H34N4O4S. The molecule has 1 aliphatic carbocycles. The van der Waals surface area contributed by atoms with Crippen molar-refractivity contribution in [3.8, 4) is 0 Å². The largest absolute Gasteiger partial charge is 0.383 e. The fraction of sp³-hybridized carbons (Fsp3) is 0.542. The Bertz CT molecular complexity index is 1090. The molecule has 2 N–H and O–H groups in total. The Morgan fingerprint density at radius 2 is 2.03 bits per heavy atom. The van der Waals surface area contributed by atoms with Crippen molar-refractivity contribution < 1.29 is 17.9 Å². The van der Waals surface area contributed by atoms with Crippen LogP contribution in [0.25, 0.3) is 0 Å². The van der Waals surface area contributed by atoms with Crippen molar-refractivity contribution in [2.75, 3.05) is 19.0 Å². The summed E-state index contributed by atoms with van der Waals surface area (Å²) in [6.45, 7) is 8.99. The van der Waals surface area contributed by atoms with Gasteiger partial charge in [-0.05, 0) is 54.9 Å². The van der Waals surface area contributed by atoms with E-state index in [1.807, 2.05) is 6.92 Å². The fourth-order valence-electron chi connectivity index (χ4n) is 4.76. The van der Waals surface area contributed by atoms with Crippen LogP contribution in [-0.4, -0.2) is 44.1 Å². The van der Waals surface area contributed by atoms with Gasteiger partial charge < -0.3 is 10.1 Å². The molecule has 0 saturated heterocycles. The lowest BCUT2D eigenvalue weighted by molar-refractivity contribution is 0.0978. The van der Waals surface area contributed by atoms with E-state index in [-0.39, 0.29) is 28.0 Å². The number of hydrogen-bond acceptors (Lipinski definition) is 7. The highest BCUT2D eigenvalue weighted by atomic mass is 32.2. The first-order valence-electron chi connectivity index (χ1n) is 11.3. The highest BCUT2D eigenvalue weighted by Gasteiger charge is 2.42. The smallest absolute Gasteiger partial charge is 0.281 e. The van der Waals surface area contributed by atoms with Gasteiger partial charge in [0.05, 0.1) is 23.9 Å². The van der Waals surface area contributed by atoms with E-state index in [4.69, 9.17) is 4.74 Å². The van der Waals surface area contributed by atoms with Crippen molar-refractivity contribution in [1.82, 2.24) is 14.7 Å². The summed E-state index contributed by atoms with van der Waals surface area (Å²) in [7, 11) is -2.57. The van der Waals surface area contributed by atoms with Crippen LogP contribution in [0.15, 0.2) is 41.6 Å². The average Bonchev–Trinajstić information content (AvgIpc) is 3.05. The van der Waals surface area contributed by atoms with Gasteiger partial charge in [0.1, 0.15) is 5.82 Å². The maximum atomic E-state index is 13.1. The van der Waals surface area contributed by atoms with E-state index < -0.39 is 15.9 Å². The van der Waals surface area contributed by atoms with E-state index in [2.05, 4.69) is 40.8 Å². The highest BCUT2D eigenvalue weighted by molar-refractivity contribution is 7.90. The number of sulfonamides is 1. The van der Waals surface area contributed by atoms with Crippen LogP contribution in [0.2, 0.25) is 0 Å². The van der Waals surface area contributed by atoms with Crippen molar-refractivity contribution in [3.05, 3.63) is 47.8 Å². The second-order valence-electron chi connectivity index (χ2n) is 9.52. The third-order valence-corrected chi connectivity index (χ3v) is 7.54. The first-order valence-corrected chi connectivity index (χ1v) is 12.8. The number of nitrogens with zero attached hydrogens (tertiary/aromatic N) is 2. The summed E-state index contributed by atoms with van der Waals surface area (Å²) in [6.07, 6.45) is 4.37. The number of pyridine rings is 2. The molecule has 0 bridgehead atoms. The lowest BCUT2D eigenvalue weighted by atomic mass is 9.78. The summed E-state index contributed by atoms with van der Waals surface area (Å²) >= 11 is 0. The number of rotatable bonds is 9. The molecule has 2 aromatic heterocycles. The lowest BCUT2D eigenvalue weighted by Gasteiger charge is -2.27. The Morgan fingerprint density at radius 3 is 2.67 bits per heavy atom. The van der Waals surface area contributed by atoms with Crippen LogP contribution < -0.4 is 10.0 Å². The maximum absolute atomic E-state index is 13.1. The molecule has 2 heterocycles. The van der Waals surface area contributed by atoms with Gasteiger partial charge in [0.15, 0.2) is 5.03 Å². The Morgan fingerprint density at radius 1 is 1.27 bits per heavy atom. The van der Waals surface area contributed by atoms with Crippen LogP contribution in [0.5, 0.6) is 0 Å². The lowest BCUT2D eigenvalue weighted by Crippen LogP contribution is -2.33. The molecule has 8 nitrogen and oxygen atoms in total. The van der Waals surface area contributed by atoms with Gasteiger partial charge in [-0.1, -0.05) is 33.8 Å². The minimum absolute atomic E-state index is 0.00912. The summed E-state index contributed by atoms with van der Waals surface area (Å²) in [5, 5.41) is 2.93. The summed E-state index contributed by atoms with van der Waals surface area (Å²) in [5.74, 6) is 0.295. The van der Waals surface area contributed by atoms with Crippen LogP contribution in [0.3, 0.4) is 0 Å². The topological polar surface area (TPSA) is 110 Å². The van der Waals surface area contributed by atoms with Gasteiger partial charge in [-0.3, -0.25) is 9.78 Å². The second-order valence-corrected chi connectivity index (χ2v) is 11.2. The highest BCUT2D eigenvalue weighted by Crippen LogP contribution is 2.51. The zero-order chi connectivity index (χ0) is 24.2. The number of carbonyl (C=O) groups excluding carboxylic acids is 1. The molecule has 3 unspecified atom stereocenters. The molecule has 0 spiro atoms. The Labute approximate surface area is 196 Å². The maximum Gasteiger partial charge on any atom is 0.281 e. The summed E-state index contributed by atoms with van der Waals surface area (Å²) in [4.78, 5) is 21.8. The summed E-state index contributed by atoms with van der Waals surface area (Å²) in [6, 6.07) is 7.91. The molecule has 3 rings (SSSR count). The number of ether oxygens (including phenoxy) is 1. The molecule has 0 aromatic carbocycles. The molecule has 0 radical (unpaired) electrons. The second kappa shape index (κ2) is 10.2. The Balaban J connectivity index is 1.83. The van der Waals surface area contributed by atoms with E-state index in [9.17, 15) is 13.2 Å². The van der Waals surface area contributed by atoms with Gasteiger partial charge in [-0.25, -0.2) is 9.71 Å². The first-order chi connectivity index (χ1) is 15.6. The zero-order valence-electron chi connectivity index (χ0n) is 20.0. The monoisotopic (exact) mass is 474 g/mol. The minimum Gasteiger partial charge on any atom is -0.383 e. The van der Waals surface area contributed by atoms with Crippen molar-refractivity contribution in [3.63, 3.8) is 0 Å². The van der Waals surface area contributed by atoms with Crippen molar-refractivity contribution in [2.24, 2.45) is 11.3 Å². The SMILES string of the molecule is CCC(COC)Nc1cccc(S(=O)(=O)NC(=O)c2cccnc2C2CC(C)CC2(C)C)n1. The fourth-order valence-corrected chi connectivity index (χ4v) is 5.69. The van der Waals surface area contributed by atoms with Crippen molar-refractivity contribution in [1.29, 1.82) is 0 Å². The number of methoxy groups -OCH3 is 1. The van der Waals surface area contributed by atoms with Gasteiger partial charge >= 0.3 is 0 Å². The van der Waals surface area contributed by atoms with E-state index in [1.165, 1.54) is 6.07 Å². The van der Waals surface area contributed by atoms with E-state index in [0.717, 1.165) is 19.3 Å². The standard InChI is InChI=1S/C24H34N4O4S/c1-6-17(15-32-5)26-20-10-7-11-21(27-20)33(30,31)28-23(29)18-9-8-12-25-22(18)19-13-16(2)14-24(19,3)4/h7-12,16-17,19H,6,13-15H2,1-5H3,(H,26,27)(H,28,29). The Hall–Kier alpha value is -2.52. The summed E-state index contributed by atoms with van der Waals surface area (Å²) < 4.78 is 33.3. The molecule has 3 atom stereocenters. The van der Waals surface area contributed by atoms with Gasteiger partial charge in [0.25, 0.3) is 15.9 Å². The third kappa shape index (κ3) is 5.89. The molecule has 1 saturated carbocycles. The minimum atomic E-state index is -4.17. The average molecular weight is 475 g/mol. The molecule has 1 aliphatic rings. The molecule has 2 aromatic rings. The van der Waals surface area contributed by atoms with Crippen LogP contribution in [0, 0.1) is 11.3 Å². The Kier molecular flexibility index (Phi) is 7.74. The van der Waals surface area contributed by atoms with E-state index >= 15 is 0 Å².